The molecule has 1 rings (SSSR count). The van der Waals surface area contributed by atoms with Gasteiger partial charge in [-0.3, -0.25) is 0 Å². The fourth-order valence-corrected chi connectivity index (χ4v) is 1.20. The van der Waals surface area contributed by atoms with Crippen LogP contribution in [0.3, 0.4) is 0 Å². The summed E-state index contributed by atoms with van der Waals surface area (Å²) in [5, 5.41) is 0. The third-order valence-corrected chi connectivity index (χ3v) is 1.90. The average molecular weight is 126 g/mol. The minimum atomic E-state index is -1.50. The van der Waals surface area contributed by atoms with Crippen molar-refractivity contribution in [1.29, 1.82) is 0 Å². The van der Waals surface area contributed by atoms with Gasteiger partial charge in [-0.2, -0.15) is 0 Å². The van der Waals surface area contributed by atoms with E-state index in [-0.39, 0.29) is 0 Å². The topological polar surface area (TPSA) is 17.1 Å². The molecule has 0 atom stereocenters. The van der Waals surface area contributed by atoms with Gasteiger partial charge in [0.1, 0.15) is 7.80 Å². The third-order valence-electron chi connectivity index (χ3n) is 0.854. The second kappa shape index (κ2) is 2.68. The standard InChI is InChI=1S/C6H7OP/c7-8-5-3-1-2-4-6-8/h1-6,8H. The lowest BCUT2D eigenvalue weighted by Gasteiger charge is -1.74. The molecule has 0 saturated carbocycles. The Bertz CT molecular complexity index is 159. The van der Waals surface area contributed by atoms with Gasteiger partial charge in [-0.1, -0.05) is 24.3 Å². The van der Waals surface area contributed by atoms with Crippen molar-refractivity contribution in [3.63, 3.8) is 0 Å². The van der Waals surface area contributed by atoms with Crippen molar-refractivity contribution >= 4 is 7.80 Å². The van der Waals surface area contributed by atoms with Crippen molar-refractivity contribution in [2.24, 2.45) is 0 Å². The molecule has 0 aliphatic carbocycles. The highest BCUT2D eigenvalue weighted by atomic mass is 31.1. The second-order valence-corrected chi connectivity index (χ2v) is 2.98. The van der Waals surface area contributed by atoms with E-state index in [4.69, 9.17) is 0 Å². The molecule has 0 bridgehead atoms. The molecule has 0 aromatic carbocycles. The molecule has 0 aromatic heterocycles. The van der Waals surface area contributed by atoms with E-state index in [0.29, 0.717) is 0 Å². The molecule has 1 aliphatic rings. The molecule has 1 nitrogen and oxygen atoms in total. The summed E-state index contributed by atoms with van der Waals surface area (Å²) in [7, 11) is -1.50. The highest BCUT2D eigenvalue weighted by molar-refractivity contribution is 7.51. The van der Waals surface area contributed by atoms with Crippen molar-refractivity contribution in [2.45, 2.75) is 0 Å². The number of hydrogen-bond donors (Lipinski definition) is 0. The Hall–Kier alpha value is -0.550. The Morgan fingerprint density at radius 3 is 1.88 bits per heavy atom. The van der Waals surface area contributed by atoms with Crippen LogP contribution < -0.4 is 0 Å². The summed E-state index contributed by atoms with van der Waals surface area (Å²) >= 11 is 0. The van der Waals surface area contributed by atoms with Gasteiger partial charge in [0.2, 0.25) is 0 Å². The first-order chi connectivity index (χ1) is 3.89. The molecule has 0 fully saturated rings. The van der Waals surface area contributed by atoms with E-state index in [0.717, 1.165) is 0 Å². The van der Waals surface area contributed by atoms with E-state index in [9.17, 15) is 4.57 Å². The molecule has 0 radical (unpaired) electrons. The van der Waals surface area contributed by atoms with Crippen LogP contribution in [0.25, 0.3) is 0 Å². The van der Waals surface area contributed by atoms with E-state index >= 15 is 0 Å². The first kappa shape index (κ1) is 5.58. The summed E-state index contributed by atoms with van der Waals surface area (Å²) < 4.78 is 10.7. The fourth-order valence-electron chi connectivity index (χ4n) is 0.485. The van der Waals surface area contributed by atoms with E-state index in [2.05, 4.69) is 0 Å². The van der Waals surface area contributed by atoms with Gasteiger partial charge in [0, 0.05) is 0 Å². The van der Waals surface area contributed by atoms with Gasteiger partial charge in [0.25, 0.3) is 0 Å². The lowest BCUT2D eigenvalue weighted by atomic mass is 10.5. The van der Waals surface area contributed by atoms with Gasteiger partial charge in [-0.25, -0.2) is 0 Å². The average Bonchev–Trinajstić information content (AvgIpc) is 1.94. The molecule has 0 unspecified atom stereocenters. The smallest absolute Gasteiger partial charge is 0.118 e. The maximum atomic E-state index is 10.7. The maximum absolute atomic E-state index is 10.7. The molecule has 0 spiro atoms. The SMILES string of the molecule is O=[PH]1C=CC=CC=C1. The largest absolute Gasteiger partial charge is 0.318 e. The third kappa shape index (κ3) is 1.51. The van der Waals surface area contributed by atoms with E-state index in [1.165, 1.54) is 0 Å². The number of rotatable bonds is 0. The molecule has 0 saturated heterocycles. The monoisotopic (exact) mass is 126 g/mol. The van der Waals surface area contributed by atoms with Crippen LogP contribution in [0.5, 0.6) is 0 Å². The van der Waals surface area contributed by atoms with Crippen molar-refractivity contribution in [3.05, 3.63) is 35.9 Å². The lowest BCUT2D eigenvalue weighted by molar-refractivity contribution is 0.597. The summed E-state index contributed by atoms with van der Waals surface area (Å²) in [4.78, 5) is 0. The Labute approximate surface area is 49.2 Å². The van der Waals surface area contributed by atoms with E-state index < -0.39 is 7.80 Å². The van der Waals surface area contributed by atoms with E-state index in [1.54, 1.807) is 23.8 Å². The Balaban J connectivity index is 2.81. The van der Waals surface area contributed by atoms with Crippen LogP contribution in [0.4, 0.5) is 0 Å². The zero-order valence-corrected chi connectivity index (χ0v) is 5.37. The van der Waals surface area contributed by atoms with Gasteiger partial charge in [-0.05, 0) is 11.6 Å². The molecule has 1 heterocycles. The van der Waals surface area contributed by atoms with Crippen LogP contribution >= 0.6 is 7.80 Å². The van der Waals surface area contributed by atoms with Gasteiger partial charge in [-0.15, -0.1) is 0 Å². The minimum absolute atomic E-state index is 1.50. The van der Waals surface area contributed by atoms with Crippen molar-refractivity contribution in [1.82, 2.24) is 0 Å². The highest BCUT2D eigenvalue weighted by Gasteiger charge is 1.83. The maximum Gasteiger partial charge on any atom is 0.118 e. The highest BCUT2D eigenvalue weighted by Crippen LogP contribution is 2.24. The zero-order valence-electron chi connectivity index (χ0n) is 4.37. The predicted octanol–water partition coefficient (Wildman–Crippen LogP) is 2.14. The lowest BCUT2D eigenvalue weighted by Crippen LogP contribution is -1.38. The first-order valence-electron chi connectivity index (χ1n) is 2.45. The molecule has 0 N–H and O–H groups in total. The molecule has 1 aliphatic heterocycles. The van der Waals surface area contributed by atoms with Crippen LogP contribution in [0.2, 0.25) is 0 Å². The van der Waals surface area contributed by atoms with Crippen molar-refractivity contribution in [3.8, 4) is 0 Å². The summed E-state index contributed by atoms with van der Waals surface area (Å²) in [5.41, 5.74) is 0. The van der Waals surface area contributed by atoms with Gasteiger partial charge in [0.15, 0.2) is 0 Å². The molecule has 42 valence electrons. The quantitative estimate of drug-likeness (QED) is 0.454. The summed E-state index contributed by atoms with van der Waals surface area (Å²) in [6.45, 7) is 0. The zero-order chi connectivity index (χ0) is 5.82. The second-order valence-electron chi connectivity index (χ2n) is 1.51. The molecule has 0 amide bonds. The molecular weight excluding hydrogens is 119 g/mol. The van der Waals surface area contributed by atoms with Crippen LogP contribution in [0, 0.1) is 0 Å². The van der Waals surface area contributed by atoms with Gasteiger partial charge >= 0.3 is 0 Å². The number of hydrogen-bond acceptors (Lipinski definition) is 1. The van der Waals surface area contributed by atoms with Gasteiger partial charge in [0.05, 0.1) is 0 Å². The van der Waals surface area contributed by atoms with Crippen LogP contribution in [0.1, 0.15) is 0 Å². The number of allylic oxidation sites excluding steroid dienone is 4. The van der Waals surface area contributed by atoms with Crippen molar-refractivity contribution in [2.75, 3.05) is 0 Å². The van der Waals surface area contributed by atoms with Crippen LogP contribution in [0.15, 0.2) is 35.9 Å². The Morgan fingerprint density at radius 1 is 0.875 bits per heavy atom. The molecule has 8 heavy (non-hydrogen) atoms. The fraction of sp³-hybridized carbons (Fsp3) is 0. The Morgan fingerprint density at radius 2 is 1.38 bits per heavy atom. The normalized spacial score (nSPS) is 19.0. The van der Waals surface area contributed by atoms with Crippen LogP contribution in [-0.2, 0) is 4.57 Å². The van der Waals surface area contributed by atoms with Crippen LogP contribution in [-0.4, -0.2) is 0 Å². The first-order valence-corrected chi connectivity index (χ1v) is 4.01. The summed E-state index contributed by atoms with van der Waals surface area (Å²) in [6.07, 6.45) is 7.35. The summed E-state index contributed by atoms with van der Waals surface area (Å²) in [6, 6.07) is 0. The van der Waals surface area contributed by atoms with Gasteiger partial charge < -0.3 is 4.57 Å². The summed E-state index contributed by atoms with van der Waals surface area (Å²) in [5.74, 6) is 3.43. The molecule has 2 heteroatoms. The minimum Gasteiger partial charge on any atom is -0.318 e. The Kier molecular flexibility index (Phi) is 1.87. The predicted molar refractivity (Wildman–Crippen MR) is 36.4 cm³/mol. The molecule has 0 aromatic rings. The van der Waals surface area contributed by atoms with Crippen molar-refractivity contribution < 1.29 is 4.57 Å². The van der Waals surface area contributed by atoms with E-state index in [1.807, 2.05) is 12.2 Å². The molecular formula is C6H7OP.